The zero-order valence-electron chi connectivity index (χ0n) is 24.3. The number of hydrogen-bond donors (Lipinski definition) is 1. The van der Waals surface area contributed by atoms with E-state index in [1.165, 1.54) is 51.4 Å². The minimum atomic E-state index is 0.0884. The van der Waals surface area contributed by atoms with Crippen molar-refractivity contribution < 1.29 is 14.6 Å². The fourth-order valence-electron chi connectivity index (χ4n) is 9.40. The summed E-state index contributed by atoms with van der Waals surface area (Å²) in [5.74, 6) is 5.65. The Balaban J connectivity index is 1.40. The summed E-state index contributed by atoms with van der Waals surface area (Å²) >= 11 is 0. The van der Waals surface area contributed by atoms with E-state index in [9.17, 15) is 0 Å². The van der Waals surface area contributed by atoms with Crippen LogP contribution in [0.2, 0.25) is 0 Å². The lowest BCUT2D eigenvalue weighted by Gasteiger charge is -2.58. The second-order valence-electron chi connectivity index (χ2n) is 13.6. The Morgan fingerprint density at radius 2 is 1.81 bits per heavy atom. The molecule has 0 aromatic carbocycles. The molecule has 1 N–H and O–H groups in total. The zero-order chi connectivity index (χ0) is 25.9. The second-order valence-corrected chi connectivity index (χ2v) is 13.6. The summed E-state index contributed by atoms with van der Waals surface area (Å²) in [6.07, 6.45) is 20.0. The van der Waals surface area contributed by atoms with Gasteiger partial charge in [0, 0.05) is 0 Å². The molecule has 4 aliphatic rings. The first-order chi connectivity index (χ1) is 17.2. The van der Waals surface area contributed by atoms with Crippen LogP contribution >= 0.6 is 0 Å². The van der Waals surface area contributed by atoms with Crippen molar-refractivity contribution in [1.29, 1.82) is 0 Å². The molecule has 4 rings (SSSR count). The van der Waals surface area contributed by atoms with Crippen molar-refractivity contribution in [3.63, 3.8) is 0 Å². The largest absolute Gasteiger partial charge is 0.394 e. The summed E-state index contributed by atoms with van der Waals surface area (Å²) in [6.45, 7) is 16.6. The van der Waals surface area contributed by atoms with E-state index in [1.807, 2.05) is 0 Å². The van der Waals surface area contributed by atoms with Gasteiger partial charge < -0.3 is 14.6 Å². The van der Waals surface area contributed by atoms with E-state index in [1.54, 1.807) is 5.57 Å². The van der Waals surface area contributed by atoms with Crippen molar-refractivity contribution in [1.82, 2.24) is 0 Å². The topological polar surface area (TPSA) is 38.7 Å². The lowest BCUT2D eigenvalue weighted by atomic mass is 9.47. The maximum absolute atomic E-state index is 8.88. The molecule has 36 heavy (non-hydrogen) atoms. The van der Waals surface area contributed by atoms with Crippen LogP contribution in [-0.4, -0.2) is 37.6 Å². The molecule has 0 spiro atoms. The van der Waals surface area contributed by atoms with Crippen LogP contribution in [0.15, 0.2) is 23.8 Å². The first-order valence-corrected chi connectivity index (χ1v) is 15.4. The predicted octanol–water partition coefficient (Wildman–Crippen LogP) is 7.83. The molecule has 0 aromatic rings. The number of rotatable bonds is 11. The Bertz CT molecular complexity index is 771. The predicted molar refractivity (Wildman–Crippen MR) is 150 cm³/mol. The van der Waals surface area contributed by atoms with Gasteiger partial charge in [-0.05, 0) is 110 Å². The van der Waals surface area contributed by atoms with Gasteiger partial charge in [-0.25, -0.2) is 0 Å². The maximum atomic E-state index is 8.88. The summed E-state index contributed by atoms with van der Waals surface area (Å²) in [7, 11) is 0. The van der Waals surface area contributed by atoms with E-state index in [-0.39, 0.29) is 6.61 Å². The van der Waals surface area contributed by atoms with Crippen LogP contribution in [0, 0.1) is 52.3 Å². The van der Waals surface area contributed by atoms with Crippen molar-refractivity contribution >= 4 is 0 Å². The molecule has 3 fully saturated rings. The number of allylic oxidation sites excluding steroid dienone is 3. The zero-order valence-corrected chi connectivity index (χ0v) is 24.3. The summed E-state index contributed by atoms with van der Waals surface area (Å²) in [5.41, 5.74) is 2.60. The van der Waals surface area contributed by atoms with Gasteiger partial charge in [-0.15, -0.1) is 0 Å². The first-order valence-electron chi connectivity index (χ1n) is 15.4. The van der Waals surface area contributed by atoms with Gasteiger partial charge >= 0.3 is 0 Å². The summed E-state index contributed by atoms with van der Waals surface area (Å²) < 4.78 is 11.6. The highest BCUT2D eigenvalue weighted by atomic mass is 16.5. The van der Waals surface area contributed by atoms with Gasteiger partial charge in [-0.3, -0.25) is 0 Å². The quantitative estimate of drug-likeness (QED) is 0.232. The lowest BCUT2D eigenvalue weighted by Crippen LogP contribution is -2.51. The molecule has 206 valence electrons. The third-order valence-electron chi connectivity index (χ3n) is 11.6. The number of fused-ring (bicyclic) bond motifs is 5. The second kappa shape index (κ2) is 12.0. The minimum absolute atomic E-state index is 0.0884. The van der Waals surface area contributed by atoms with Gasteiger partial charge in [0.25, 0.3) is 0 Å². The number of hydrogen-bond acceptors (Lipinski definition) is 3. The van der Waals surface area contributed by atoms with E-state index < -0.39 is 0 Å². The highest BCUT2D eigenvalue weighted by Gasteiger charge is 2.59. The highest BCUT2D eigenvalue weighted by molar-refractivity contribution is 5.25. The van der Waals surface area contributed by atoms with E-state index in [0.29, 0.717) is 42.7 Å². The van der Waals surface area contributed by atoms with E-state index >= 15 is 0 Å². The summed E-state index contributed by atoms with van der Waals surface area (Å²) in [6, 6.07) is 0. The molecule has 0 aromatic heterocycles. The third-order valence-corrected chi connectivity index (χ3v) is 11.6. The number of aliphatic hydroxyl groups excluding tert-OH is 1. The number of ether oxygens (including phenoxy) is 2. The molecular formula is C33H56O3. The molecule has 0 aliphatic heterocycles. The van der Waals surface area contributed by atoms with Gasteiger partial charge in [-0.2, -0.15) is 0 Å². The summed E-state index contributed by atoms with van der Waals surface area (Å²) in [5, 5.41) is 8.88. The molecule has 0 heterocycles. The van der Waals surface area contributed by atoms with Crippen LogP contribution in [0.1, 0.15) is 99.3 Å². The van der Waals surface area contributed by atoms with Gasteiger partial charge in [-0.1, -0.05) is 65.3 Å². The maximum Gasteiger partial charge on any atom is 0.0704 e. The molecule has 0 amide bonds. The van der Waals surface area contributed by atoms with Gasteiger partial charge in [0.1, 0.15) is 0 Å². The van der Waals surface area contributed by atoms with E-state index in [2.05, 4.69) is 59.8 Å². The lowest BCUT2D eigenvalue weighted by molar-refractivity contribution is -0.0662. The molecular weight excluding hydrogens is 444 g/mol. The van der Waals surface area contributed by atoms with Crippen LogP contribution in [0.3, 0.4) is 0 Å². The molecule has 9 atom stereocenters. The smallest absolute Gasteiger partial charge is 0.0704 e. The Labute approximate surface area is 222 Å². The monoisotopic (exact) mass is 500 g/mol. The van der Waals surface area contributed by atoms with Crippen LogP contribution in [0.25, 0.3) is 0 Å². The molecule has 3 nitrogen and oxygen atoms in total. The van der Waals surface area contributed by atoms with Gasteiger partial charge in [0.05, 0.1) is 32.5 Å². The third kappa shape index (κ3) is 5.55. The molecule has 3 heteroatoms. The van der Waals surface area contributed by atoms with Crippen molar-refractivity contribution in [3.05, 3.63) is 23.8 Å². The molecule has 0 bridgehead atoms. The van der Waals surface area contributed by atoms with E-state index in [4.69, 9.17) is 14.6 Å². The molecule has 3 unspecified atom stereocenters. The SMILES string of the molecule is CC[C@H](/C=C/[C@@H](C)[C@H]1CCC2C3CC=C4C[C@@H](OCCOCCO)CC[C@]4(C)C3CC[C@@]21C)C(C)C. The Kier molecular flexibility index (Phi) is 9.49. The van der Waals surface area contributed by atoms with Crippen LogP contribution in [0.4, 0.5) is 0 Å². The van der Waals surface area contributed by atoms with Crippen LogP contribution in [0.5, 0.6) is 0 Å². The Morgan fingerprint density at radius 1 is 1.00 bits per heavy atom. The molecule has 4 aliphatic carbocycles. The summed E-state index contributed by atoms with van der Waals surface area (Å²) in [4.78, 5) is 0. The van der Waals surface area contributed by atoms with Crippen molar-refractivity contribution in [2.24, 2.45) is 52.3 Å². The Hall–Kier alpha value is -0.640. The highest BCUT2D eigenvalue weighted by Crippen LogP contribution is 2.67. The number of aliphatic hydroxyl groups is 1. The molecule has 0 radical (unpaired) electrons. The average Bonchev–Trinajstić information content (AvgIpc) is 3.21. The molecule has 0 saturated heterocycles. The van der Waals surface area contributed by atoms with Crippen molar-refractivity contribution in [2.75, 3.05) is 26.4 Å². The first kappa shape index (κ1) is 28.4. The van der Waals surface area contributed by atoms with Gasteiger partial charge in [0.2, 0.25) is 0 Å². The van der Waals surface area contributed by atoms with Gasteiger partial charge in [0.15, 0.2) is 0 Å². The fraction of sp³-hybridized carbons (Fsp3) is 0.879. The Morgan fingerprint density at radius 3 is 2.53 bits per heavy atom. The molecule has 3 saturated carbocycles. The normalized spacial score (nSPS) is 40.0. The standard InChI is InChI=1S/C33H56O3/c1-7-25(23(2)3)9-8-24(4)29-12-13-30-28-11-10-26-22-27(36-21-20-35-19-18-34)14-16-32(26,5)31(28)15-17-33(29,30)6/h8-10,23-25,27-31,34H,7,11-22H2,1-6H3/b9-8+/t24-,25-,27+,28?,29-,30?,31?,32+,33-/m1/s1. The fourth-order valence-corrected chi connectivity index (χ4v) is 9.40. The van der Waals surface area contributed by atoms with E-state index in [0.717, 1.165) is 41.9 Å². The minimum Gasteiger partial charge on any atom is -0.394 e. The van der Waals surface area contributed by atoms with Crippen LogP contribution < -0.4 is 0 Å². The van der Waals surface area contributed by atoms with Crippen molar-refractivity contribution in [3.8, 4) is 0 Å². The van der Waals surface area contributed by atoms with Crippen molar-refractivity contribution in [2.45, 2.75) is 105 Å². The average molecular weight is 501 g/mol. The van der Waals surface area contributed by atoms with Crippen LogP contribution in [-0.2, 0) is 9.47 Å².